The van der Waals surface area contributed by atoms with Crippen molar-refractivity contribution in [3.63, 3.8) is 0 Å². The van der Waals surface area contributed by atoms with Crippen molar-refractivity contribution in [2.45, 2.75) is 6.04 Å². The van der Waals surface area contributed by atoms with Crippen molar-refractivity contribution in [1.29, 1.82) is 0 Å². The van der Waals surface area contributed by atoms with Crippen LogP contribution in [0, 0.1) is 0 Å². The maximum atomic E-state index is 13.7. The number of fused-ring (bicyclic) bond motifs is 2. The summed E-state index contributed by atoms with van der Waals surface area (Å²) < 4.78 is 1.95. The summed E-state index contributed by atoms with van der Waals surface area (Å²) in [4.78, 5) is 45.9. The number of hydrogen-bond donors (Lipinski definition) is 3. The number of carbonyl (C=O) groups excluding carboxylic acids is 2. The van der Waals surface area contributed by atoms with Crippen LogP contribution < -0.4 is 10.6 Å². The molecule has 0 saturated carbocycles. The van der Waals surface area contributed by atoms with Gasteiger partial charge in [-0.2, -0.15) is 0 Å². The van der Waals surface area contributed by atoms with E-state index in [9.17, 15) is 9.59 Å². The van der Waals surface area contributed by atoms with Crippen molar-refractivity contribution in [3.8, 4) is 22.8 Å². The SMILES string of the molecule is O=C(c1cccc(-c2nc3ccccc3[nH]2)n1)C1CNCCN1C(=O)Nc1cccc(-c2cn3ccccc3n2)c1. The molecular weight excluding hydrogens is 516 g/mol. The lowest BCUT2D eigenvalue weighted by atomic mass is 10.1. The number of amides is 2. The Bertz CT molecular complexity index is 1840. The first kappa shape index (κ1) is 24.7. The van der Waals surface area contributed by atoms with E-state index in [1.807, 2.05) is 89.6 Å². The molecule has 1 aliphatic rings. The van der Waals surface area contributed by atoms with Crippen molar-refractivity contribution in [2.75, 3.05) is 25.0 Å². The number of benzene rings is 2. The lowest BCUT2D eigenvalue weighted by Gasteiger charge is -2.35. The number of aromatic amines is 1. The molecule has 1 atom stereocenters. The molecule has 1 aliphatic heterocycles. The van der Waals surface area contributed by atoms with E-state index in [-0.39, 0.29) is 17.5 Å². The summed E-state index contributed by atoms with van der Waals surface area (Å²) in [6.07, 6.45) is 3.90. The predicted molar refractivity (Wildman–Crippen MR) is 157 cm³/mol. The molecule has 5 heterocycles. The summed E-state index contributed by atoms with van der Waals surface area (Å²) >= 11 is 0. The number of H-pyrrole nitrogens is 1. The molecule has 1 fully saturated rings. The van der Waals surface area contributed by atoms with Crippen LogP contribution in [0.3, 0.4) is 0 Å². The highest BCUT2D eigenvalue weighted by Gasteiger charge is 2.33. The van der Waals surface area contributed by atoms with Crippen molar-refractivity contribution in [3.05, 3.63) is 103 Å². The molecule has 0 spiro atoms. The summed E-state index contributed by atoms with van der Waals surface area (Å²) in [7, 11) is 0. The maximum Gasteiger partial charge on any atom is 0.322 e. The molecule has 0 bridgehead atoms. The number of ketones is 1. The molecular formula is C31H26N8O2. The summed E-state index contributed by atoms with van der Waals surface area (Å²) in [5.41, 5.74) is 5.72. The Kier molecular flexibility index (Phi) is 6.21. The fraction of sp³-hybridized carbons (Fsp3) is 0.129. The number of rotatable bonds is 5. The van der Waals surface area contributed by atoms with Gasteiger partial charge in [-0.05, 0) is 48.5 Å². The van der Waals surface area contributed by atoms with Gasteiger partial charge < -0.3 is 24.9 Å². The molecule has 0 radical (unpaired) electrons. The van der Waals surface area contributed by atoms with Crippen LogP contribution in [0.1, 0.15) is 10.5 Å². The highest BCUT2D eigenvalue weighted by Crippen LogP contribution is 2.24. The van der Waals surface area contributed by atoms with Gasteiger partial charge in [0.1, 0.15) is 23.1 Å². The zero-order valence-corrected chi connectivity index (χ0v) is 22.0. The molecule has 202 valence electrons. The van der Waals surface area contributed by atoms with Gasteiger partial charge in [0, 0.05) is 43.3 Å². The molecule has 1 unspecified atom stereocenters. The third kappa shape index (κ3) is 4.81. The second-order valence-electron chi connectivity index (χ2n) is 9.89. The largest absolute Gasteiger partial charge is 0.337 e. The van der Waals surface area contributed by atoms with E-state index in [1.54, 1.807) is 17.0 Å². The standard InChI is InChI=1S/C31H26N8O2/c40-29(24-11-6-12-25(34-24)30-36-22-9-1-2-10-23(22)37-30)27-18-32-14-16-39(27)31(41)33-21-8-5-7-20(17-21)26-19-38-15-4-3-13-28(38)35-26/h1-13,15,17,19,27,32H,14,16,18H2,(H,33,41)(H,36,37). The zero-order valence-electron chi connectivity index (χ0n) is 22.0. The Morgan fingerprint density at radius 1 is 0.878 bits per heavy atom. The highest BCUT2D eigenvalue weighted by atomic mass is 16.2. The van der Waals surface area contributed by atoms with Crippen LogP contribution in [-0.2, 0) is 0 Å². The number of anilines is 1. The lowest BCUT2D eigenvalue weighted by Crippen LogP contribution is -2.58. The van der Waals surface area contributed by atoms with Crippen molar-refractivity contribution in [1.82, 2.24) is 34.6 Å². The van der Waals surface area contributed by atoms with Gasteiger partial charge in [-0.3, -0.25) is 4.79 Å². The van der Waals surface area contributed by atoms with Crippen molar-refractivity contribution < 1.29 is 9.59 Å². The molecule has 10 heteroatoms. The third-order valence-electron chi connectivity index (χ3n) is 7.21. The van der Waals surface area contributed by atoms with E-state index >= 15 is 0 Å². The van der Waals surface area contributed by atoms with Crippen molar-refractivity contribution in [2.24, 2.45) is 0 Å². The summed E-state index contributed by atoms with van der Waals surface area (Å²) in [5.74, 6) is 0.353. The van der Waals surface area contributed by atoms with Crippen LogP contribution in [0.5, 0.6) is 0 Å². The van der Waals surface area contributed by atoms with E-state index < -0.39 is 6.04 Å². The second kappa shape index (κ2) is 10.3. The van der Waals surface area contributed by atoms with Gasteiger partial charge in [0.25, 0.3) is 0 Å². The van der Waals surface area contributed by atoms with Crippen LogP contribution in [0.15, 0.2) is 97.3 Å². The Morgan fingerprint density at radius 2 is 1.76 bits per heavy atom. The third-order valence-corrected chi connectivity index (χ3v) is 7.21. The number of para-hydroxylation sites is 2. The second-order valence-corrected chi connectivity index (χ2v) is 9.89. The van der Waals surface area contributed by atoms with Gasteiger partial charge in [0.15, 0.2) is 5.82 Å². The van der Waals surface area contributed by atoms with Gasteiger partial charge >= 0.3 is 6.03 Å². The van der Waals surface area contributed by atoms with Gasteiger partial charge in [-0.15, -0.1) is 0 Å². The number of hydrogen-bond acceptors (Lipinski definition) is 6. The average molecular weight is 543 g/mol. The van der Waals surface area contributed by atoms with Crippen LogP contribution in [0.4, 0.5) is 10.5 Å². The molecule has 10 nitrogen and oxygen atoms in total. The van der Waals surface area contributed by atoms with E-state index in [1.165, 1.54) is 0 Å². The number of pyridine rings is 2. The van der Waals surface area contributed by atoms with E-state index in [0.717, 1.165) is 27.9 Å². The first-order chi connectivity index (χ1) is 20.1. The number of imidazole rings is 2. The molecule has 7 rings (SSSR count). The smallest absolute Gasteiger partial charge is 0.322 e. The van der Waals surface area contributed by atoms with Gasteiger partial charge in [0.05, 0.1) is 16.7 Å². The number of nitrogens with one attached hydrogen (secondary N) is 3. The summed E-state index contributed by atoms with van der Waals surface area (Å²) in [6, 6.07) is 25.3. The molecule has 41 heavy (non-hydrogen) atoms. The topological polar surface area (TPSA) is 120 Å². The van der Waals surface area contributed by atoms with E-state index in [0.29, 0.717) is 36.8 Å². The molecule has 2 aromatic carbocycles. The number of piperazine rings is 1. The number of aromatic nitrogens is 5. The van der Waals surface area contributed by atoms with Crippen molar-refractivity contribution >= 4 is 34.2 Å². The lowest BCUT2D eigenvalue weighted by molar-refractivity contribution is 0.0824. The number of Topliss-reactive ketones (excluding diaryl/α,β-unsaturated/α-hetero) is 1. The minimum Gasteiger partial charge on any atom is -0.337 e. The Morgan fingerprint density at radius 3 is 2.66 bits per heavy atom. The average Bonchev–Trinajstić information content (AvgIpc) is 3.66. The molecule has 2 amide bonds. The maximum absolute atomic E-state index is 13.7. The van der Waals surface area contributed by atoms with Gasteiger partial charge in [-0.1, -0.05) is 36.4 Å². The molecule has 1 saturated heterocycles. The fourth-order valence-corrected chi connectivity index (χ4v) is 5.16. The quantitative estimate of drug-likeness (QED) is 0.273. The summed E-state index contributed by atoms with van der Waals surface area (Å²) in [6.45, 7) is 1.31. The predicted octanol–water partition coefficient (Wildman–Crippen LogP) is 4.63. The van der Waals surface area contributed by atoms with E-state index in [4.69, 9.17) is 0 Å². The molecule has 0 aliphatic carbocycles. The zero-order chi connectivity index (χ0) is 27.8. The summed E-state index contributed by atoms with van der Waals surface area (Å²) in [5, 5.41) is 6.22. The monoisotopic (exact) mass is 542 g/mol. The first-order valence-corrected chi connectivity index (χ1v) is 13.4. The van der Waals surface area contributed by atoms with Crippen LogP contribution in [0.2, 0.25) is 0 Å². The van der Waals surface area contributed by atoms with Crippen LogP contribution >= 0.6 is 0 Å². The Labute approximate surface area is 235 Å². The van der Waals surface area contributed by atoms with Crippen LogP contribution in [-0.4, -0.2) is 66.7 Å². The first-order valence-electron chi connectivity index (χ1n) is 13.4. The minimum atomic E-state index is -0.705. The Hall–Kier alpha value is -5.35. The highest BCUT2D eigenvalue weighted by molar-refractivity contribution is 6.02. The minimum absolute atomic E-state index is 0.233. The number of nitrogens with zero attached hydrogens (tertiary/aromatic N) is 5. The molecule has 4 aromatic heterocycles. The number of urea groups is 1. The molecule has 3 N–H and O–H groups in total. The van der Waals surface area contributed by atoms with Gasteiger partial charge in [-0.25, -0.2) is 19.7 Å². The number of carbonyl (C=O) groups is 2. The molecule has 6 aromatic rings. The van der Waals surface area contributed by atoms with E-state index in [2.05, 4.69) is 30.6 Å². The Balaban J connectivity index is 1.11. The normalized spacial score (nSPS) is 15.3. The fourth-order valence-electron chi connectivity index (χ4n) is 5.16. The van der Waals surface area contributed by atoms with Gasteiger partial charge in [0.2, 0.25) is 5.78 Å². The van der Waals surface area contributed by atoms with Crippen LogP contribution in [0.25, 0.3) is 39.5 Å².